The van der Waals surface area contributed by atoms with Gasteiger partial charge in [-0.1, -0.05) is 0 Å². The maximum atomic E-state index is 10.2. The van der Waals surface area contributed by atoms with Gasteiger partial charge in [0.25, 0.3) is 0 Å². The van der Waals surface area contributed by atoms with Crippen LogP contribution in [0.4, 0.5) is 0 Å². The lowest BCUT2D eigenvalue weighted by Crippen LogP contribution is -2.05. The van der Waals surface area contributed by atoms with E-state index in [1.807, 2.05) is 0 Å². The largest absolute Gasteiger partial charge is 0.481 e. The van der Waals surface area contributed by atoms with Gasteiger partial charge in [-0.05, 0) is 13.8 Å². The Morgan fingerprint density at radius 1 is 1.62 bits per heavy atom. The van der Waals surface area contributed by atoms with E-state index >= 15 is 0 Å². The minimum atomic E-state index is -1.16. The molecule has 5 nitrogen and oxygen atoms in total. The van der Waals surface area contributed by atoms with Crippen LogP contribution in [0.1, 0.15) is 29.9 Å². The fourth-order valence-electron chi connectivity index (χ4n) is 0.893. The number of hydrogen-bond acceptors (Lipinski definition) is 4. The number of nitrogens with zero attached hydrogens (tertiary/aromatic N) is 1. The van der Waals surface area contributed by atoms with Gasteiger partial charge >= 0.3 is 5.97 Å². The van der Waals surface area contributed by atoms with Gasteiger partial charge in [0.15, 0.2) is 0 Å². The Morgan fingerprint density at radius 3 is 2.62 bits per heavy atom. The molecular formula is C8H11NO4. The molecule has 5 heteroatoms. The molecule has 0 bridgehead atoms. The SMILES string of the molecule is Cc1nc([C@@H](O)CC(=O)O)oc1C. The van der Waals surface area contributed by atoms with E-state index in [2.05, 4.69) is 4.98 Å². The lowest BCUT2D eigenvalue weighted by molar-refractivity contribution is -0.139. The number of aromatic nitrogens is 1. The first-order chi connectivity index (χ1) is 6.00. The maximum Gasteiger partial charge on any atom is 0.306 e. The average molecular weight is 185 g/mol. The number of carbonyl (C=O) groups is 1. The minimum absolute atomic E-state index is 0.0670. The quantitative estimate of drug-likeness (QED) is 0.727. The zero-order valence-corrected chi connectivity index (χ0v) is 7.44. The molecule has 0 fully saturated rings. The summed E-state index contributed by atoms with van der Waals surface area (Å²) in [6, 6.07) is 0. The zero-order chi connectivity index (χ0) is 10.0. The molecule has 1 rings (SSSR count). The van der Waals surface area contributed by atoms with Gasteiger partial charge in [0.2, 0.25) is 5.89 Å². The minimum Gasteiger partial charge on any atom is -0.481 e. The third kappa shape index (κ3) is 2.29. The van der Waals surface area contributed by atoms with Crippen LogP contribution in [0.15, 0.2) is 4.42 Å². The third-order valence-electron chi connectivity index (χ3n) is 1.70. The average Bonchev–Trinajstić information content (AvgIpc) is 2.31. The van der Waals surface area contributed by atoms with E-state index in [1.54, 1.807) is 13.8 Å². The monoisotopic (exact) mass is 185 g/mol. The van der Waals surface area contributed by atoms with E-state index in [4.69, 9.17) is 9.52 Å². The summed E-state index contributed by atoms with van der Waals surface area (Å²) in [5.74, 6) is -0.419. The van der Waals surface area contributed by atoms with Crippen LogP contribution in [0.25, 0.3) is 0 Å². The van der Waals surface area contributed by atoms with E-state index in [0.29, 0.717) is 11.5 Å². The number of rotatable bonds is 3. The van der Waals surface area contributed by atoms with Gasteiger partial charge in [0, 0.05) is 0 Å². The molecule has 0 aliphatic heterocycles. The molecular weight excluding hydrogens is 174 g/mol. The molecule has 1 atom stereocenters. The Kier molecular flexibility index (Phi) is 2.67. The van der Waals surface area contributed by atoms with Crippen LogP contribution in [-0.4, -0.2) is 21.2 Å². The highest BCUT2D eigenvalue weighted by atomic mass is 16.4. The van der Waals surface area contributed by atoms with Crippen LogP contribution in [0.5, 0.6) is 0 Å². The summed E-state index contributed by atoms with van der Waals surface area (Å²) in [7, 11) is 0. The number of oxazole rings is 1. The smallest absolute Gasteiger partial charge is 0.306 e. The van der Waals surface area contributed by atoms with Gasteiger partial charge in [-0.2, -0.15) is 0 Å². The van der Waals surface area contributed by atoms with Crippen molar-refractivity contribution in [2.24, 2.45) is 0 Å². The Hall–Kier alpha value is -1.36. The van der Waals surface area contributed by atoms with Gasteiger partial charge in [-0.25, -0.2) is 4.98 Å². The van der Waals surface area contributed by atoms with Crippen molar-refractivity contribution in [1.29, 1.82) is 0 Å². The number of carboxylic acids is 1. The first-order valence-electron chi connectivity index (χ1n) is 3.84. The Bertz CT molecular complexity index is 298. The van der Waals surface area contributed by atoms with Gasteiger partial charge in [-0.3, -0.25) is 4.79 Å². The lowest BCUT2D eigenvalue weighted by Gasteiger charge is -2.00. The third-order valence-corrected chi connectivity index (χ3v) is 1.70. The summed E-state index contributed by atoms with van der Waals surface area (Å²) in [6.07, 6.45) is -1.55. The van der Waals surface area contributed by atoms with Crippen LogP contribution in [-0.2, 0) is 4.79 Å². The second-order valence-electron chi connectivity index (χ2n) is 2.81. The van der Waals surface area contributed by atoms with E-state index < -0.39 is 12.1 Å². The molecule has 1 aromatic heterocycles. The van der Waals surface area contributed by atoms with Crippen LogP contribution in [0.2, 0.25) is 0 Å². The standard InChI is InChI=1S/C8H11NO4/c1-4-5(2)13-8(9-4)6(10)3-7(11)12/h6,10H,3H2,1-2H3,(H,11,12)/t6-/m0/s1. The van der Waals surface area contributed by atoms with Crippen LogP contribution in [0.3, 0.4) is 0 Å². The molecule has 1 heterocycles. The van der Waals surface area contributed by atoms with Gasteiger partial charge < -0.3 is 14.6 Å². The molecule has 0 saturated heterocycles. The Morgan fingerprint density at radius 2 is 2.23 bits per heavy atom. The van der Waals surface area contributed by atoms with E-state index in [1.165, 1.54) is 0 Å². The van der Waals surface area contributed by atoms with Gasteiger partial charge in [-0.15, -0.1) is 0 Å². The molecule has 0 amide bonds. The van der Waals surface area contributed by atoms with E-state index in [0.717, 1.165) is 0 Å². The maximum absolute atomic E-state index is 10.2. The first kappa shape index (κ1) is 9.73. The van der Waals surface area contributed by atoms with Crippen molar-refractivity contribution in [3.63, 3.8) is 0 Å². The van der Waals surface area contributed by atoms with Crippen LogP contribution in [0, 0.1) is 13.8 Å². The second kappa shape index (κ2) is 3.57. The highest BCUT2D eigenvalue weighted by Gasteiger charge is 2.18. The molecule has 72 valence electrons. The fourth-order valence-corrected chi connectivity index (χ4v) is 0.893. The summed E-state index contributed by atoms with van der Waals surface area (Å²) >= 11 is 0. The molecule has 0 aliphatic rings. The number of aliphatic hydroxyl groups excluding tert-OH is 1. The summed E-state index contributed by atoms with van der Waals surface area (Å²) in [5, 5.41) is 17.7. The zero-order valence-electron chi connectivity index (χ0n) is 7.44. The van der Waals surface area contributed by atoms with Crippen molar-refractivity contribution in [1.82, 2.24) is 4.98 Å². The molecule has 2 N–H and O–H groups in total. The molecule has 0 aliphatic carbocycles. The first-order valence-corrected chi connectivity index (χ1v) is 3.84. The topological polar surface area (TPSA) is 83.6 Å². The number of hydrogen-bond donors (Lipinski definition) is 2. The molecule has 13 heavy (non-hydrogen) atoms. The van der Waals surface area contributed by atoms with Gasteiger partial charge in [0.1, 0.15) is 11.9 Å². The Balaban J connectivity index is 2.77. The van der Waals surface area contributed by atoms with Crippen LogP contribution >= 0.6 is 0 Å². The number of aliphatic hydroxyl groups is 1. The van der Waals surface area contributed by atoms with Crippen molar-refractivity contribution in [3.8, 4) is 0 Å². The van der Waals surface area contributed by atoms with E-state index in [9.17, 15) is 9.90 Å². The molecule has 0 aromatic carbocycles. The second-order valence-corrected chi connectivity index (χ2v) is 2.81. The molecule has 1 aromatic rings. The van der Waals surface area contributed by atoms with Crippen molar-refractivity contribution in [2.45, 2.75) is 26.4 Å². The van der Waals surface area contributed by atoms with Gasteiger partial charge in [0.05, 0.1) is 12.1 Å². The summed E-state index contributed by atoms with van der Waals surface area (Å²) in [5.41, 5.74) is 0.666. The highest BCUT2D eigenvalue weighted by Crippen LogP contribution is 2.18. The molecule has 0 unspecified atom stereocenters. The summed E-state index contributed by atoms with van der Waals surface area (Å²) in [6.45, 7) is 3.44. The van der Waals surface area contributed by atoms with Crippen molar-refractivity contribution >= 4 is 5.97 Å². The fraction of sp³-hybridized carbons (Fsp3) is 0.500. The normalized spacial score (nSPS) is 12.8. The number of carboxylic acid groups (broad SMARTS) is 1. The number of aliphatic carboxylic acids is 1. The van der Waals surface area contributed by atoms with Crippen molar-refractivity contribution in [3.05, 3.63) is 17.3 Å². The van der Waals surface area contributed by atoms with Crippen molar-refractivity contribution in [2.75, 3.05) is 0 Å². The molecule has 0 spiro atoms. The number of aryl methyl sites for hydroxylation is 2. The van der Waals surface area contributed by atoms with Crippen molar-refractivity contribution < 1.29 is 19.4 Å². The summed E-state index contributed by atoms with van der Waals surface area (Å²) in [4.78, 5) is 14.1. The molecule has 0 saturated carbocycles. The Labute approximate surface area is 75.0 Å². The predicted octanol–water partition coefficient (Wildman–Crippen LogP) is 0.800. The highest BCUT2D eigenvalue weighted by molar-refractivity contribution is 5.67. The lowest BCUT2D eigenvalue weighted by atomic mass is 10.2. The van der Waals surface area contributed by atoms with Crippen LogP contribution < -0.4 is 0 Å². The molecule has 0 radical (unpaired) electrons. The summed E-state index contributed by atoms with van der Waals surface area (Å²) < 4.78 is 5.05. The predicted molar refractivity (Wildman–Crippen MR) is 43.2 cm³/mol. The van der Waals surface area contributed by atoms with E-state index in [-0.39, 0.29) is 12.3 Å².